The number of nitrogens with zero attached hydrogens (tertiary/aromatic N) is 2. The normalized spacial score (nSPS) is 16.9. The molecule has 2 N–H and O–H groups in total. The maximum absolute atomic E-state index is 12.2. The van der Waals surface area contributed by atoms with Crippen LogP contribution in [0.4, 0.5) is 11.4 Å². The number of hydrogen-bond donors (Lipinski definition) is 2. The lowest BCUT2D eigenvalue weighted by atomic mass is 10.0. The van der Waals surface area contributed by atoms with Crippen molar-refractivity contribution in [2.75, 3.05) is 49.9 Å². The van der Waals surface area contributed by atoms with Gasteiger partial charge in [-0.1, -0.05) is 24.3 Å². The van der Waals surface area contributed by atoms with Gasteiger partial charge in [0, 0.05) is 11.4 Å². The molecule has 0 saturated carbocycles. The first kappa shape index (κ1) is 22.5. The predicted octanol–water partition coefficient (Wildman–Crippen LogP) is 3.54. The molecule has 4 rings (SSSR count). The van der Waals surface area contributed by atoms with E-state index >= 15 is 0 Å². The van der Waals surface area contributed by atoms with Crippen LogP contribution in [0, 0.1) is 0 Å². The molecule has 2 amide bonds. The molecule has 2 aromatic rings. The first-order chi connectivity index (χ1) is 15.6. The Balaban J connectivity index is 1.19. The fraction of sp³-hybridized carbons (Fsp3) is 0.462. The fourth-order valence-electron chi connectivity index (χ4n) is 4.49. The summed E-state index contributed by atoms with van der Waals surface area (Å²) in [6.07, 6.45) is 6.64. The van der Waals surface area contributed by atoms with Crippen molar-refractivity contribution in [1.82, 2.24) is 9.80 Å². The molecule has 0 spiro atoms. The zero-order valence-corrected chi connectivity index (χ0v) is 18.8. The molecule has 2 aliphatic rings. The van der Waals surface area contributed by atoms with E-state index in [9.17, 15) is 9.59 Å². The molecule has 0 unspecified atom stereocenters. The lowest BCUT2D eigenvalue weighted by Gasteiger charge is -2.14. The van der Waals surface area contributed by atoms with Crippen LogP contribution < -0.4 is 10.6 Å². The van der Waals surface area contributed by atoms with Crippen LogP contribution in [0.15, 0.2) is 48.5 Å². The van der Waals surface area contributed by atoms with Crippen molar-refractivity contribution in [3.63, 3.8) is 0 Å². The number of rotatable bonds is 9. The summed E-state index contributed by atoms with van der Waals surface area (Å²) in [6, 6.07) is 16.3. The topological polar surface area (TPSA) is 64.7 Å². The largest absolute Gasteiger partial charge is 0.325 e. The monoisotopic (exact) mass is 434 g/mol. The average Bonchev–Trinajstić information content (AvgIpc) is 3.48. The summed E-state index contributed by atoms with van der Waals surface area (Å²) in [6.45, 7) is 5.07. The molecule has 0 aromatic heterocycles. The van der Waals surface area contributed by atoms with Crippen LogP contribution in [0.5, 0.6) is 0 Å². The van der Waals surface area contributed by atoms with E-state index in [1.807, 2.05) is 24.3 Å². The Labute approximate surface area is 191 Å². The molecular weight excluding hydrogens is 400 g/mol. The van der Waals surface area contributed by atoms with Gasteiger partial charge in [-0.2, -0.15) is 0 Å². The van der Waals surface area contributed by atoms with Gasteiger partial charge in [0.1, 0.15) is 0 Å². The van der Waals surface area contributed by atoms with E-state index in [0.29, 0.717) is 13.1 Å². The predicted molar refractivity (Wildman–Crippen MR) is 129 cm³/mol. The van der Waals surface area contributed by atoms with Gasteiger partial charge in [-0.15, -0.1) is 0 Å². The highest BCUT2D eigenvalue weighted by molar-refractivity contribution is 5.92. The maximum atomic E-state index is 12.2. The molecule has 2 aliphatic heterocycles. The van der Waals surface area contributed by atoms with Crippen molar-refractivity contribution in [3.8, 4) is 0 Å². The van der Waals surface area contributed by atoms with Crippen LogP contribution in [0.3, 0.4) is 0 Å². The van der Waals surface area contributed by atoms with Crippen molar-refractivity contribution in [2.45, 2.75) is 38.5 Å². The molecule has 0 aliphatic carbocycles. The average molecular weight is 435 g/mol. The van der Waals surface area contributed by atoms with Crippen LogP contribution in [0.2, 0.25) is 0 Å². The van der Waals surface area contributed by atoms with Crippen LogP contribution in [-0.4, -0.2) is 60.9 Å². The minimum Gasteiger partial charge on any atom is -0.325 e. The first-order valence-corrected chi connectivity index (χ1v) is 11.9. The summed E-state index contributed by atoms with van der Waals surface area (Å²) in [7, 11) is 0. The van der Waals surface area contributed by atoms with Gasteiger partial charge in [-0.25, -0.2) is 0 Å². The SMILES string of the molecule is O=C(CN1CCCC1)Nc1ccc(CCc2ccc(NC(=O)CN3CCCC3)cc2)cc1. The number of nitrogens with one attached hydrogen (secondary N) is 2. The van der Waals surface area contributed by atoms with Gasteiger partial charge in [-0.05, 0) is 100 Å². The number of benzene rings is 2. The van der Waals surface area contributed by atoms with Gasteiger partial charge in [0.15, 0.2) is 0 Å². The van der Waals surface area contributed by atoms with Gasteiger partial charge >= 0.3 is 0 Å². The summed E-state index contributed by atoms with van der Waals surface area (Å²) in [5, 5.41) is 5.99. The third-order valence-corrected chi connectivity index (χ3v) is 6.31. The molecule has 170 valence electrons. The van der Waals surface area contributed by atoms with Crippen molar-refractivity contribution in [3.05, 3.63) is 59.7 Å². The molecule has 32 heavy (non-hydrogen) atoms. The summed E-state index contributed by atoms with van der Waals surface area (Å²) >= 11 is 0. The number of carbonyl (C=O) groups excluding carboxylic acids is 2. The Morgan fingerprint density at radius 1 is 0.594 bits per heavy atom. The second-order valence-corrected chi connectivity index (χ2v) is 8.96. The van der Waals surface area contributed by atoms with Gasteiger partial charge in [-0.3, -0.25) is 19.4 Å². The Morgan fingerprint density at radius 2 is 0.938 bits per heavy atom. The van der Waals surface area contributed by atoms with E-state index in [1.54, 1.807) is 0 Å². The van der Waals surface area contributed by atoms with Crippen molar-refractivity contribution in [2.24, 2.45) is 0 Å². The van der Waals surface area contributed by atoms with Crippen LogP contribution in [0.25, 0.3) is 0 Å². The van der Waals surface area contributed by atoms with Crippen LogP contribution in [-0.2, 0) is 22.4 Å². The number of aryl methyl sites for hydroxylation is 2. The van der Waals surface area contributed by atoms with E-state index in [4.69, 9.17) is 0 Å². The lowest BCUT2D eigenvalue weighted by molar-refractivity contribution is -0.117. The van der Waals surface area contributed by atoms with Crippen molar-refractivity contribution < 1.29 is 9.59 Å². The number of amides is 2. The first-order valence-electron chi connectivity index (χ1n) is 11.9. The van der Waals surface area contributed by atoms with E-state index in [0.717, 1.165) is 50.4 Å². The summed E-state index contributed by atoms with van der Waals surface area (Å²) in [5.41, 5.74) is 4.19. The van der Waals surface area contributed by atoms with Crippen LogP contribution in [0.1, 0.15) is 36.8 Å². The summed E-state index contributed by atoms with van der Waals surface area (Å²) < 4.78 is 0. The lowest BCUT2D eigenvalue weighted by Crippen LogP contribution is -2.30. The summed E-state index contributed by atoms with van der Waals surface area (Å²) in [4.78, 5) is 28.7. The van der Waals surface area contributed by atoms with Gasteiger partial charge in [0.2, 0.25) is 11.8 Å². The molecule has 0 bridgehead atoms. The number of hydrogen-bond acceptors (Lipinski definition) is 4. The van der Waals surface area contributed by atoms with Gasteiger partial charge in [0.25, 0.3) is 0 Å². The molecule has 6 nitrogen and oxygen atoms in total. The standard InChI is InChI=1S/C26H34N4O2/c31-25(19-29-15-1-2-16-29)27-23-11-7-21(8-12-23)5-6-22-9-13-24(14-10-22)28-26(32)20-30-17-3-4-18-30/h7-14H,1-6,15-20H2,(H,27,31)(H,28,32). The van der Waals surface area contributed by atoms with Crippen LogP contribution >= 0.6 is 0 Å². The second-order valence-electron chi connectivity index (χ2n) is 8.96. The third kappa shape index (κ3) is 6.90. The quantitative estimate of drug-likeness (QED) is 0.634. The van der Waals surface area contributed by atoms with E-state index < -0.39 is 0 Å². The smallest absolute Gasteiger partial charge is 0.238 e. The minimum absolute atomic E-state index is 0.0623. The zero-order valence-electron chi connectivity index (χ0n) is 18.8. The highest BCUT2D eigenvalue weighted by Crippen LogP contribution is 2.15. The Bertz CT molecular complexity index is 808. The molecule has 2 aromatic carbocycles. The number of anilines is 2. The Kier molecular flexibility index (Phi) is 7.91. The highest BCUT2D eigenvalue weighted by atomic mass is 16.2. The number of likely N-dealkylation sites (tertiary alicyclic amines) is 2. The van der Waals surface area contributed by atoms with E-state index in [-0.39, 0.29) is 11.8 Å². The van der Waals surface area contributed by atoms with Gasteiger partial charge in [0.05, 0.1) is 13.1 Å². The molecule has 0 atom stereocenters. The molecule has 0 radical (unpaired) electrons. The second kappa shape index (κ2) is 11.2. The third-order valence-electron chi connectivity index (χ3n) is 6.31. The molecular formula is C26H34N4O2. The zero-order chi connectivity index (χ0) is 22.2. The van der Waals surface area contributed by atoms with Crippen molar-refractivity contribution >= 4 is 23.2 Å². The summed E-state index contributed by atoms with van der Waals surface area (Å²) in [5.74, 6) is 0.125. The fourth-order valence-corrected chi connectivity index (χ4v) is 4.49. The van der Waals surface area contributed by atoms with E-state index in [1.165, 1.54) is 36.8 Å². The Hall–Kier alpha value is -2.70. The Morgan fingerprint density at radius 3 is 1.28 bits per heavy atom. The molecule has 2 fully saturated rings. The highest BCUT2D eigenvalue weighted by Gasteiger charge is 2.16. The molecule has 2 saturated heterocycles. The van der Waals surface area contributed by atoms with Gasteiger partial charge < -0.3 is 10.6 Å². The van der Waals surface area contributed by atoms with Crippen molar-refractivity contribution in [1.29, 1.82) is 0 Å². The molecule has 6 heteroatoms. The minimum atomic E-state index is 0.0623. The molecule has 2 heterocycles. The van der Waals surface area contributed by atoms with E-state index in [2.05, 4.69) is 44.7 Å². The maximum Gasteiger partial charge on any atom is 0.238 e. The number of carbonyl (C=O) groups is 2.